The third kappa shape index (κ3) is 3.12. The number of hydrogen-bond donors (Lipinski definition) is 0. The van der Waals surface area contributed by atoms with E-state index in [1.807, 2.05) is 0 Å². The molecule has 1 heterocycles. The van der Waals surface area contributed by atoms with Crippen LogP contribution in [0.25, 0.3) is 0 Å². The van der Waals surface area contributed by atoms with Crippen molar-refractivity contribution >= 4 is 11.9 Å². The van der Waals surface area contributed by atoms with Crippen LogP contribution in [0.5, 0.6) is 0 Å². The van der Waals surface area contributed by atoms with Crippen molar-refractivity contribution in [2.75, 3.05) is 0 Å². The highest BCUT2D eigenvalue weighted by atomic mass is 16.6. The van der Waals surface area contributed by atoms with Crippen molar-refractivity contribution in [3.63, 3.8) is 0 Å². The lowest BCUT2D eigenvalue weighted by Gasteiger charge is -2.30. The molecule has 98 valence electrons. The molecule has 0 spiro atoms. The Morgan fingerprint density at radius 1 is 1.22 bits per heavy atom. The predicted molar refractivity (Wildman–Crippen MR) is 61.9 cm³/mol. The van der Waals surface area contributed by atoms with Gasteiger partial charge in [0.15, 0.2) is 0 Å². The zero-order valence-corrected chi connectivity index (χ0v) is 10.3. The molecule has 0 aliphatic heterocycles. The fraction of sp³-hybridized carbons (Fsp3) is 0.538. The number of carbonyl (C=O) groups excluding carboxylic acids is 2. The van der Waals surface area contributed by atoms with E-state index in [0.717, 1.165) is 19.3 Å². The van der Waals surface area contributed by atoms with Crippen molar-refractivity contribution in [1.82, 2.24) is 0 Å². The molecule has 1 fully saturated rings. The summed E-state index contributed by atoms with van der Waals surface area (Å²) < 4.78 is 15.5. The minimum absolute atomic E-state index is 0.169. The molecule has 0 saturated heterocycles. The third-order valence-corrected chi connectivity index (χ3v) is 2.94. The van der Waals surface area contributed by atoms with Gasteiger partial charge in [-0.15, -0.1) is 0 Å². The Hall–Kier alpha value is -1.78. The Balaban J connectivity index is 1.97. The van der Waals surface area contributed by atoms with Gasteiger partial charge in [0.25, 0.3) is 0 Å². The fourth-order valence-corrected chi connectivity index (χ4v) is 2.14. The van der Waals surface area contributed by atoms with Crippen LogP contribution >= 0.6 is 0 Å². The standard InChI is InChI=1S/C13H16O5/c1-9(14)17-10-5-2-3-6-11(10)18-13(15)12-7-4-8-16-12/h4,7-8,10-11H,2-3,5-6H2,1H3/t10-,11+/m0/s1. The van der Waals surface area contributed by atoms with Crippen LogP contribution in [0.3, 0.4) is 0 Å². The monoisotopic (exact) mass is 252 g/mol. The van der Waals surface area contributed by atoms with Gasteiger partial charge in [-0.1, -0.05) is 0 Å². The molecular formula is C13H16O5. The van der Waals surface area contributed by atoms with Gasteiger partial charge in [0.2, 0.25) is 5.76 Å². The first kappa shape index (κ1) is 12.7. The van der Waals surface area contributed by atoms with Gasteiger partial charge in [0, 0.05) is 6.92 Å². The SMILES string of the molecule is CC(=O)O[C@H]1CCCC[C@H]1OC(=O)c1ccco1. The summed E-state index contributed by atoms with van der Waals surface area (Å²) in [6, 6.07) is 3.17. The highest BCUT2D eigenvalue weighted by Gasteiger charge is 2.31. The zero-order chi connectivity index (χ0) is 13.0. The second-order valence-electron chi connectivity index (χ2n) is 4.35. The number of furan rings is 1. The molecule has 1 aromatic rings. The molecule has 5 heteroatoms. The van der Waals surface area contributed by atoms with E-state index in [1.54, 1.807) is 12.1 Å². The van der Waals surface area contributed by atoms with E-state index in [4.69, 9.17) is 13.9 Å². The maximum atomic E-state index is 11.7. The van der Waals surface area contributed by atoms with Crippen molar-refractivity contribution in [1.29, 1.82) is 0 Å². The number of esters is 2. The van der Waals surface area contributed by atoms with E-state index in [2.05, 4.69) is 0 Å². The molecule has 0 amide bonds. The van der Waals surface area contributed by atoms with Crippen LogP contribution in [0, 0.1) is 0 Å². The lowest BCUT2D eigenvalue weighted by Crippen LogP contribution is -2.37. The molecule has 0 unspecified atom stereocenters. The summed E-state index contributed by atoms with van der Waals surface area (Å²) in [5, 5.41) is 0. The van der Waals surface area contributed by atoms with E-state index in [0.29, 0.717) is 6.42 Å². The van der Waals surface area contributed by atoms with Gasteiger partial charge in [-0.2, -0.15) is 0 Å². The van der Waals surface area contributed by atoms with Crippen molar-refractivity contribution in [2.45, 2.75) is 44.8 Å². The van der Waals surface area contributed by atoms with Gasteiger partial charge >= 0.3 is 11.9 Å². The van der Waals surface area contributed by atoms with Crippen molar-refractivity contribution < 1.29 is 23.5 Å². The van der Waals surface area contributed by atoms with Gasteiger partial charge in [0.1, 0.15) is 12.2 Å². The zero-order valence-electron chi connectivity index (χ0n) is 10.3. The fourth-order valence-electron chi connectivity index (χ4n) is 2.14. The molecule has 1 saturated carbocycles. The summed E-state index contributed by atoms with van der Waals surface area (Å²) in [5.74, 6) is -0.688. The van der Waals surface area contributed by atoms with Gasteiger partial charge in [-0.25, -0.2) is 4.79 Å². The van der Waals surface area contributed by atoms with Gasteiger partial charge in [-0.05, 0) is 37.8 Å². The van der Waals surface area contributed by atoms with E-state index in [-0.39, 0.29) is 23.9 Å². The van der Waals surface area contributed by atoms with Crippen molar-refractivity contribution in [3.05, 3.63) is 24.2 Å². The molecule has 2 atom stereocenters. The van der Waals surface area contributed by atoms with E-state index in [1.165, 1.54) is 13.2 Å². The number of ether oxygens (including phenoxy) is 2. The lowest BCUT2D eigenvalue weighted by molar-refractivity contribution is -0.155. The Bertz CT molecular complexity index is 409. The first-order valence-corrected chi connectivity index (χ1v) is 6.08. The molecule has 2 rings (SSSR count). The Morgan fingerprint density at radius 3 is 2.44 bits per heavy atom. The molecule has 1 aliphatic rings. The Morgan fingerprint density at radius 2 is 1.89 bits per heavy atom. The van der Waals surface area contributed by atoms with Crippen LogP contribution in [-0.4, -0.2) is 24.1 Å². The molecular weight excluding hydrogens is 236 g/mol. The molecule has 5 nitrogen and oxygen atoms in total. The number of rotatable bonds is 3. The second-order valence-corrected chi connectivity index (χ2v) is 4.35. The second kappa shape index (κ2) is 5.71. The number of carbonyl (C=O) groups is 2. The Kier molecular flexibility index (Phi) is 4.02. The average Bonchev–Trinajstić information content (AvgIpc) is 2.84. The highest BCUT2D eigenvalue weighted by Crippen LogP contribution is 2.25. The van der Waals surface area contributed by atoms with Crippen LogP contribution in [-0.2, 0) is 14.3 Å². The summed E-state index contributed by atoms with van der Waals surface area (Å²) in [5.41, 5.74) is 0. The topological polar surface area (TPSA) is 65.7 Å². The largest absolute Gasteiger partial charge is 0.459 e. The Labute approximate surface area is 105 Å². The molecule has 1 aliphatic carbocycles. The van der Waals surface area contributed by atoms with Gasteiger partial charge in [-0.3, -0.25) is 4.79 Å². The molecule has 1 aromatic heterocycles. The maximum Gasteiger partial charge on any atom is 0.374 e. The van der Waals surface area contributed by atoms with Crippen LogP contribution in [0.1, 0.15) is 43.2 Å². The van der Waals surface area contributed by atoms with Crippen LogP contribution in [0.15, 0.2) is 22.8 Å². The van der Waals surface area contributed by atoms with Crippen molar-refractivity contribution in [3.8, 4) is 0 Å². The molecule has 0 bridgehead atoms. The molecule has 0 radical (unpaired) electrons. The lowest BCUT2D eigenvalue weighted by atomic mass is 9.94. The predicted octanol–water partition coefficient (Wildman–Crippen LogP) is 2.31. The maximum absolute atomic E-state index is 11.7. The first-order chi connectivity index (χ1) is 8.66. The smallest absolute Gasteiger partial charge is 0.374 e. The van der Waals surface area contributed by atoms with Crippen LogP contribution in [0.4, 0.5) is 0 Å². The summed E-state index contributed by atoms with van der Waals surface area (Å²) >= 11 is 0. The van der Waals surface area contributed by atoms with E-state index < -0.39 is 5.97 Å². The average molecular weight is 252 g/mol. The molecule has 0 N–H and O–H groups in total. The first-order valence-electron chi connectivity index (χ1n) is 6.08. The van der Waals surface area contributed by atoms with E-state index >= 15 is 0 Å². The summed E-state index contributed by atoms with van der Waals surface area (Å²) in [6.45, 7) is 1.36. The quantitative estimate of drug-likeness (QED) is 0.772. The van der Waals surface area contributed by atoms with Gasteiger partial charge < -0.3 is 13.9 Å². The highest BCUT2D eigenvalue weighted by molar-refractivity contribution is 5.86. The molecule has 18 heavy (non-hydrogen) atoms. The minimum atomic E-state index is -0.510. The van der Waals surface area contributed by atoms with E-state index in [9.17, 15) is 9.59 Å². The third-order valence-electron chi connectivity index (χ3n) is 2.94. The van der Waals surface area contributed by atoms with Crippen molar-refractivity contribution in [2.24, 2.45) is 0 Å². The number of hydrogen-bond acceptors (Lipinski definition) is 5. The summed E-state index contributed by atoms with van der Waals surface area (Å²) in [4.78, 5) is 22.7. The minimum Gasteiger partial charge on any atom is -0.459 e. The van der Waals surface area contributed by atoms with Crippen LogP contribution in [0.2, 0.25) is 0 Å². The summed E-state index contributed by atoms with van der Waals surface area (Å²) in [7, 11) is 0. The normalized spacial score (nSPS) is 23.4. The summed E-state index contributed by atoms with van der Waals surface area (Å²) in [6.07, 6.45) is 4.09. The van der Waals surface area contributed by atoms with Gasteiger partial charge in [0.05, 0.1) is 6.26 Å². The molecule has 0 aromatic carbocycles. The van der Waals surface area contributed by atoms with Crippen LogP contribution < -0.4 is 0 Å².